The van der Waals surface area contributed by atoms with Gasteiger partial charge in [0.05, 0.1) is 13.2 Å². The van der Waals surface area contributed by atoms with E-state index in [0.717, 1.165) is 25.9 Å². The van der Waals surface area contributed by atoms with Crippen LogP contribution in [0.25, 0.3) is 0 Å². The van der Waals surface area contributed by atoms with Crippen LogP contribution < -0.4 is 5.32 Å². The van der Waals surface area contributed by atoms with Crippen LogP contribution in [0.3, 0.4) is 0 Å². The Labute approximate surface area is 171 Å². The first-order valence-corrected chi connectivity index (χ1v) is 10.5. The second-order valence-corrected chi connectivity index (χ2v) is 9.14. The number of carboxylic acids is 1. The lowest BCUT2D eigenvalue weighted by Crippen LogP contribution is -2.58. The number of ether oxygens (including phenoxy) is 2. The predicted molar refractivity (Wildman–Crippen MR) is 104 cm³/mol. The first-order chi connectivity index (χ1) is 13.7. The SMILES string of the molecule is CC(C)(C)OC(=O)N[C@H]1CC[C@H](N2CCOCC2)C[C@H]2CC[C@@H](C(=O)O)N2C1=O. The average Bonchev–Trinajstić information content (AvgIpc) is 3.05. The van der Waals surface area contributed by atoms with Crippen molar-refractivity contribution in [1.29, 1.82) is 0 Å². The van der Waals surface area contributed by atoms with Crippen LogP contribution in [0.5, 0.6) is 0 Å². The highest BCUT2D eigenvalue weighted by atomic mass is 16.6. The first kappa shape index (κ1) is 21.8. The summed E-state index contributed by atoms with van der Waals surface area (Å²) in [4.78, 5) is 41.2. The van der Waals surface area contributed by atoms with Gasteiger partial charge in [0, 0.05) is 25.2 Å². The molecule has 0 aromatic rings. The van der Waals surface area contributed by atoms with Crippen molar-refractivity contribution in [2.24, 2.45) is 0 Å². The largest absolute Gasteiger partial charge is 0.480 e. The number of morpholine rings is 1. The van der Waals surface area contributed by atoms with E-state index in [0.29, 0.717) is 32.5 Å². The van der Waals surface area contributed by atoms with Gasteiger partial charge >= 0.3 is 12.1 Å². The second-order valence-electron chi connectivity index (χ2n) is 9.14. The maximum absolute atomic E-state index is 13.2. The molecule has 0 bridgehead atoms. The van der Waals surface area contributed by atoms with Gasteiger partial charge in [0.1, 0.15) is 17.7 Å². The van der Waals surface area contributed by atoms with Crippen molar-refractivity contribution in [2.75, 3.05) is 26.3 Å². The third-order valence-corrected chi connectivity index (χ3v) is 5.93. The molecule has 0 radical (unpaired) electrons. The van der Waals surface area contributed by atoms with Gasteiger partial charge in [-0.15, -0.1) is 0 Å². The van der Waals surface area contributed by atoms with E-state index in [4.69, 9.17) is 9.47 Å². The summed E-state index contributed by atoms with van der Waals surface area (Å²) in [6.45, 7) is 8.31. The van der Waals surface area contributed by atoms with Gasteiger partial charge in [0.2, 0.25) is 5.91 Å². The molecule has 164 valence electrons. The van der Waals surface area contributed by atoms with Crippen molar-refractivity contribution in [3.63, 3.8) is 0 Å². The van der Waals surface area contributed by atoms with Gasteiger partial charge in [-0.2, -0.15) is 0 Å². The molecule has 0 unspecified atom stereocenters. The quantitative estimate of drug-likeness (QED) is 0.718. The highest BCUT2D eigenvalue weighted by molar-refractivity contribution is 5.90. The number of carboxylic acid groups (broad SMARTS) is 1. The summed E-state index contributed by atoms with van der Waals surface area (Å²) in [6.07, 6.45) is 2.43. The molecule has 0 aromatic heterocycles. The summed E-state index contributed by atoms with van der Waals surface area (Å²) >= 11 is 0. The Kier molecular flexibility index (Phi) is 6.68. The number of carbonyl (C=O) groups is 3. The number of hydrogen-bond donors (Lipinski definition) is 2. The minimum atomic E-state index is -0.986. The maximum atomic E-state index is 13.2. The molecular formula is C20H33N3O6. The van der Waals surface area contributed by atoms with Gasteiger partial charge in [-0.1, -0.05) is 0 Å². The molecular weight excluding hydrogens is 378 g/mol. The molecule has 9 heteroatoms. The molecule has 4 atom stereocenters. The standard InChI is InChI=1S/C20H33N3O6/c1-20(2,3)29-19(27)21-15-6-4-13(22-8-10-28-11-9-22)12-14-5-7-16(18(25)26)23(14)17(15)24/h13-16H,4-12H2,1-3H3,(H,21,27)(H,25,26)/t13-,14+,15-,16-/m0/s1. The monoisotopic (exact) mass is 411 g/mol. The van der Waals surface area contributed by atoms with E-state index < -0.39 is 29.7 Å². The summed E-state index contributed by atoms with van der Waals surface area (Å²) in [5, 5.41) is 12.3. The number of nitrogens with zero attached hydrogens (tertiary/aromatic N) is 2. The number of rotatable bonds is 3. The van der Waals surface area contributed by atoms with Crippen molar-refractivity contribution < 1.29 is 29.0 Å². The van der Waals surface area contributed by atoms with E-state index in [1.165, 1.54) is 4.90 Å². The number of aliphatic carboxylic acids is 1. The van der Waals surface area contributed by atoms with Crippen LogP contribution >= 0.6 is 0 Å². The van der Waals surface area contributed by atoms with Crippen LogP contribution in [-0.2, 0) is 19.1 Å². The average molecular weight is 411 g/mol. The summed E-state index contributed by atoms with van der Waals surface area (Å²) in [5.74, 6) is -1.30. The molecule has 3 aliphatic rings. The lowest BCUT2D eigenvalue weighted by atomic mass is 9.93. The van der Waals surface area contributed by atoms with Crippen LogP contribution in [0.15, 0.2) is 0 Å². The molecule has 3 heterocycles. The molecule has 3 fully saturated rings. The maximum Gasteiger partial charge on any atom is 0.408 e. The molecule has 2 N–H and O–H groups in total. The van der Waals surface area contributed by atoms with E-state index in [2.05, 4.69) is 10.2 Å². The van der Waals surface area contributed by atoms with Crippen LogP contribution in [0.2, 0.25) is 0 Å². The molecule has 3 rings (SSSR count). The minimum Gasteiger partial charge on any atom is -0.480 e. The number of nitrogens with one attached hydrogen (secondary N) is 1. The van der Waals surface area contributed by atoms with Gasteiger partial charge in [-0.3, -0.25) is 9.69 Å². The summed E-state index contributed by atoms with van der Waals surface area (Å²) in [5.41, 5.74) is -0.676. The van der Waals surface area contributed by atoms with E-state index in [9.17, 15) is 19.5 Å². The van der Waals surface area contributed by atoms with Gasteiger partial charge in [0.25, 0.3) is 0 Å². The second kappa shape index (κ2) is 8.87. The van der Waals surface area contributed by atoms with Gasteiger partial charge < -0.3 is 24.8 Å². The van der Waals surface area contributed by atoms with Crippen molar-refractivity contribution in [3.8, 4) is 0 Å². The minimum absolute atomic E-state index is 0.125. The molecule has 0 aromatic carbocycles. The van der Waals surface area contributed by atoms with Gasteiger partial charge in [-0.25, -0.2) is 9.59 Å². The topological polar surface area (TPSA) is 108 Å². The fourth-order valence-corrected chi connectivity index (χ4v) is 4.64. The Bertz CT molecular complexity index is 628. The molecule has 3 aliphatic heterocycles. The van der Waals surface area contributed by atoms with E-state index >= 15 is 0 Å². The zero-order valence-corrected chi connectivity index (χ0v) is 17.6. The Morgan fingerprint density at radius 3 is 2.38 bits per heavy atom. The Morgan fingerprint density at radius 2 is 1.76 bits per heavy atom. The zero-order chi connectivity index (χ0) is 21.2. The van der Waals surface area contributed by atoms with E-state index in [1.807, 2.05) is 0 Å². The number of hydrogen-bond acceptors (Lipinski definition) is 6. The van der Waals surface area contributed by atoms with E-state index in [1.54, 1.807) is 20.8 Å². The highest BCUT2D eigenvalue weighted by Gasteiger charge is 2.46. The van der Waals surface area contributed by atoms with Crippen molar-refractivity contribution in [3.05, 3.63) is 0 Å². The summed E-state index contributed by atoms with van der Waals surface area (Å²) < 4.78 is 10.8. The normalized spacial score (nSPS) is 31.6. The van der Waals surface area contributed by atoms with Crippen molar-refractivity contribution in [1.82, 2.24) is 15.1 Å². The lowest BCUT2D eigenvalue weighted by molar-refractivity contribution is -0.151. The van der Waals surface area contributed by atoms with E-state index in [-0.39, 0.29) is 18.0 Å². The number of carbonyl (C=O) groups excluding carboxylic acids is 2. The van der Waals surface area contributed by atoms with Crippen LogP contribution in [-0.4, -0.2) is 88.9 Å². The van der Waals surface area contributed by atoms with Crippen LogP contribution in [0, 0.1) is 0 Å². The molecule has 0 saturated carbocycles. The highest BCUT2D eigenvalue weighted by Crippen LogP contribution is 2.33. The van der Waals surface area contributed by atoms with Gasteiger partial charge in [0.15, 0.2) is 0 Å². The number of amides is 2. The first-order valence-electron chi connectivity index (χ1n) is 10.5. The van der Waals surface area contributed by atoms with Crippen molar-refractivity contribution >= 4 is 18.0 Å². The predicted octanol–water partition coefficient (Wildman–Crippen LogP) is 1.21. The Hall–Kier alpha value is -1.87. The third-order valence-electron chi connectivity index (χ3n) is 5.93. The van der Waals surface area contributed by atoms with Crippen LogP contribution in [0.4, 0.5) is 4.79 Å². The molecule has 3 saturated heterocycles. The lowest BCUT2D eigenvalue weighted by Gasteiger charge is -2.41. The molecule has 0 aliphatic carbocycles. The van der Waals surface area contributed by atoms with Gasteiger partial charge in [-0.05, 0) is 52.9 Å². The molecule has 0 spiro atoms. The number of alkyl carbamates (subject to hydrolysis) is 1. The Morgan fingerprint density at radius 1 is 1.10 bits per heavy atom. The summed E-state index contributed by atoms with van der Waals surface area (Å²) in [7, 11) is 0. The summed E-state index contributed by atoms with van der Waals surface area (Å²) in [6, 6.07) is -1.51. The molecule has 29 heavy (non-hydrogen) atoms. The zero-order valence-electron chi connectivity index (χ0n) is 17.6. The number of fused-ring (bicyclic) bond motifs is 1. The fraction of sp³-hybridized carbons (Fsp3) is 0.850. The Balaban J connectivity index is 1.79. The molecule has 9 nitrogen and oxygen atoms in total. The smallest absolute Gasteiger partial charge is 0.408 e. The van der Waals surface area contributed by atoms with Crippen molar-refractivity contribution in [2.45, 2.75) is 82.6 Å². The van der Waals surface area contributed by atoms with Crippen LogP contribution in [0.1, 0.15) is 52.9 Å². The third kappa shape index (κ3) is 5.39. The molecule has 2 amide bonds. The fourth-order valence-electron chi connectivity index (χ4n) is 4.64.